The van der Waals surface area contributed by atoms with Gasteiger partial charge in [-0.15, -0.1) is 0 Å². The number of amides is 1. The Kier molecular flexibility index (Phi) is 11.9. The van der Waals surface area contributed by atoms with Gasteiger partial charge in [-0.05, 0) is 91.8 Å². The van der Waals surface area contributed by atoms with Crippen LogP contribution in [0.2, 0.25) is 5.02 Å². The number of hydrogen-bond donors (Lipinski definition) is 0. The van der Waals surface area contributed by atoms with Crippen LogP contribution in [0.1, 0.15) is 80.3 Å². The molecule has 2 aromatic carbocycles. The summed E-state index contributed by atoms with van der Waals surface area (Å²) in [6.45, 7) is 6.09. The number of methoxy groups -OCH3 is 1. The van der Waals surface area contributed by atoms with E-state index in [1.807, 2.05) is 24.3 Å². The van der Waals surface area contributed by atoms with Gasteiger partial charge < -0.3 is 14.4 Å². The fourth-order valence-electron chi connectivity index (χ4n) is 7.37. The van der Waals surface area contributed by atoms with Crippen molar-refractivity contribution in [3.05, 3.63) is 70.3 Å². The number of ketones is 1. The van der Waals surface area contributed by atoms with Crippen molar-refractivity contribution in [2.24, 2.45) is 16.2 Å². The molecule has 2 aromatic rings. The summed E-state index contributed by atoms with van der Waals surface area (Å²) in [4.78, 5) is 28.7. The van der Waals surface area contributed by atoms with E-state index in [1.165, 1.54) is 11.1 Å². The third kappa shape index (κ3) is 9.27. The highest BCUT2D eigenvalue weighted by molar-refractivity contribution is 7.94. The maximum Gasteiger partial charge on any atom is 0.389 e. The molecular formula is C37H46ClF3N2O5S. The molecule has 5 rings (SSSR count). The number of nitrogens with zero attached hydrogens (tertiary/aromatic N) is 2. The van der Waals surface area contributed by atoms with Crippen molar-refractivity contribution in [3.8, 4) is 5.75 Å². The number of carbonyl (C=O) groups is 2. The Morgan fingerprint density at radius 1 is 1.18 bits per heavy atom. The van der Waals surface area contributed by atoms with Crippen LogP contribution in [-0.2, 0) is 31.1 Å². The monoisotopic (exact) mass is 722 g/mol. The van der Waals surface area contributed by atoms with E-state index < -0.39 is 46.2 Å². The van der Waals surface area contributed by atoms with Gasteiger partial charge in [0, 0.05) is 54.8 Å². The molecule has 1 amide bonds. The number of alkyl halides is 3. The first-order valence-corrected chi connectivity index (χ1v) is 19.3. The Balaban J connectivity index is 1.54. The van der Waals surface area contributed by atoms with Crippen molar-refractivity contribution >= 4 is 38.7 Å². The van der Waals surface area contributed by atoms with Crippen LogP contribution in [0, 0.1) is 11.8 Å². The lowest BCUT2D eigenvalue weighted by atomic mass is 9.70. The molecule has 7 nitrogen and oxygen atoms in total. The smallest absolute Gasteiger partial charge is 0.389 e. The first-order chi connectivity index (χ1) is 23.2. The average molecular weight is 723 g/mol. The molecule has 2 aliphatic heterocycles. The summed E-state index contributed by atoms with van der Waals surface area (Å²) >= 11 is 6.40. The minimum atomic E-state index is -4.39. The van der Waals surface area contributed by atoms with Crippen LogP contribution in [0.25, 0.3) is 0 Å². The van der Waals surface area contributed by atoms with Gasteiger partial charge in [-0.1, -0.05) is 43.7 Å². The molecule has 2 bridgehead atoms. The fraction of sp³-hybridized carbons (Fsp3) is 0.568. The van der Waals surface area contributed by atoms with E-state index in [2.05, 4.69) is 29.2 Å². The zero-order valence-corrected chi connectivity index (χ0v) is 30.0. The molecule has 0 saturated heterocycles. The van der Waals surface area contributed by atoms with Crippen molar-refractivity contribution in [2.75, 3.05) is 43.2 Å². The molecule has 0 N–H and O–H groups in total. The predicted molar refractivity (Wildman–Crippen MR) is 187 cm³/mol. The summed E-state index contributed by atoms with van der Waals surface area (Å²) in [5.74, 6) is -1.02. The minimum Gasteiger partial charge on any atom is -0.490 e. The lowest BCUT2D eigenvalue weighted by Gasteiger charge is -2.42. The van der Waals surface area contributed by atoms with E-state index in [1.54, 1.807) is 25.3 Å². The normalized spacial score (nSPS) is 28.6. The summed E-state index contributed by atoms with van der Waals surface area (Å²) in [5.41, 5.74) is 3.04. The zero-order valence-electron chi connectivity index (χ0n) is 28.4. The SMILES string of the molecule is CO[C@H]1/C=C/CCC[S@@](=O)(CC(=O)CCCC(F)(F)F)=NC(=O)c2ccc3c(c2)N(C[C@H](C)[C@H]1C)C[C@@]1(CCCc2cc(Cl)ccc21)CO3. The number of hydrogen-bond acceptors (Lipinski definition) is 6. The van der Waals surface area contributed by atoms with Crippen LogP contribution < -0.4 is 9.64 Å². The van der Waals surface area contributed by atoms with E-state index in [-0.39, 0.29) is 41.1 Å². The number of fused-ring (bicyclic) bond motifs is 3. The second-order valence-corrected chi connectivity index (χ2v) is 16.8. The largest absolute Gasteiger partial charge is 0.490 e. The summed E-state index contributed by atoms with van der Waals surface area (Å²) in [7, 11) is -1.72. The number of halogens is 4. The highest BCUT2D eigenvalue weighted by Crippen LogP contribution is 2.45. The number of rotatable bonds is 6. The van der Waals surface area contributed by atoms with E-state index in [0.29, 0.717) is 43.3 Å². The Bertz CT molecular complexity index is 1690. The van der Waals surface area contributed by atoms with Crippen LogP contribution >= 0.6 is 11.6 Å². The molecule has 12 heteroatoms. The fourth-order valence-corrected chi connectivity index (χ4v) is 9.54. The number of anilines is 1. The molecule has 5 atom stereocenters. The summed E-state index contributed by atoms with van der Waals surface area (Å²) in [6.07, 6.45) is 1.22. The van der Waals surface area contributed by atoms with Gasteiger partial charge in [0.25, 0.3) is 5.91 Å². The van der Waals surface area contributed by atoms with E-state index in [9.17, 15) is 27.0 Å². The van der Waals surface area contributed by atoms with Gasteiger partial charge in [0.15, 0.2) is 0 Å². The van der Waals surface area contributed by atoms with E-state index in [4.69, 9.17) is 21.1 Å². The van der Waals surface area contributed by atoms with Gasteiger partial charge >= 0.3 is 6.18 Å². The zero-order chi connectivity index (χ0) is 35.4. The number of benzene rings is 2. The topological polar surface area (TPSA) is 85.3 Å². The molecule has 0 unspecified atom stereocenters. The highest BCUT2D eigenvalue weighted by Gasteiger charge is 2.42. The standard InChI is InChI=1S/C37H46ClF3N2O5S/c1-25-21-43-23-36(16-7-9-27-19-29(38)13-14-31(27)36)24-48-34-15-12-28(20-32(34)43)35(45)42-49(46,22-30(44)10-8-17-37(39,40)41)18-6-4-5-11-33(47-3)26(25)2/h5,11-15,19-20,25-26,33H,4,6-10,16-18,21-24H2,1-3H3/b11-5+/t25-,26+,33-,36-,49+/m0/s1. The third-order valence-electron chi connectivity index (χ3n) is 10.2. The molecule has 2 heterocycles. The molecule has 1 aliphatic carbocycles. The van der Waals surface area contributed by atoms with Crippen LogP contribution in [-0.4, -0.2) is 66.5 Å². The number of carbonyl (C=O) groups excluding carboxylic acids is 2. The molecule has 0 radical (unpaired) electrons. The first kappa shape index (κ1) is 37.4. The Morgan fingerprint density at radius 3 is 2.73 bits per heavy atom. The Hall–Kier alpha value is -2.89. The minimum absolute atomic E-state index is 0.0379. The lowest BCUT2D eigenvalue weighted by Crippen LogP contribution is -2.47. The van der Waals surface area contributed by atoms with Crippen LogP contribution in [0.15, 0.2) is 52.9 Å². The summed E-state index contributed by atoms with van der Waals surface area (Å²) in [6, 6.07) is 11.2. The maximum atomic E-state index is 14.1. The lowest BCUT2D eigenvalue weighted by molar-refractivity contribution is -0.136. The summed E-state index contributed by atoms with van der Waals surface area (Å²) < 4.78 is 68.8. The van der Waals surface area contributed by atoms with Gasteiger partial charge in [0.2, 0.25) is 0 Å². The molecule has 1 spiro atoms. The van der Waals surface area contributed by atoms with Crippen molar-refractivity contribution in [2.45, 2.75) is 82.9 Å². The molecule has 0 aromatic heterocycles. The van der Waals surface area contributed by atoms with Gasteiger partial charge in [-0.2, -0.15) is 17.5 Å². The number of ether oxygens (including phenoxy) is 2. The van der Waals surface area contributed by atoms with Crippen molar-refractivity contribution in [1.82, 2.24) is 0 Å². The Labute approximate surface area is 292 Å². The maximum absolute atomic E-state index is 14.1. The summed E-state index contributed by atoms with van der Waals surface area (Å²) in [5, 5.41) is 0.700. The third-order valence-corrected chi connectivity index (χ3v) is 12.6. The Morgan fingerprint density at radius 2 is 1.98 bits per heavy atom. The van der Waals surface area contributed by atoms with E-state index >= 15 is 0 Å². The highest BCUT2D eigenvalue weighted by atomic mass is 35.5. The second-order valence-electron chi connectivity index (χ2n) is 13.9. The first-order valence-electron chi connectivity index (χ1n) is 17.1. The average Bonchev–Trinajstić information content (AvgIpc) is 3.18. The molecule has 0 saturated carbocycles. The van der Waals surface area contributed by atoms with Crippen LogP contribution in [0.4, 0.5) is 18.9 Å². The van der Waals surface area contributed by atoms with Gasteiger partial charge in [0.05, 0.1) is 33.9 Å². The van der Waals surface area contributed by atoms with Crippen molar-refractivity contribution < 1.29 is 36.4 Å². The van der Waals surface area contributed by atoms with Crippen LogP contribution in [0.3, 0.4) is 0 Å². The molecule has 49 heavy (non-hydrogen) atoms. The van der Waals surface area contributed by atoms with Crippen LogP contribution in [0.5, 0.6) is 5.75 Å². The van der Waals surface area contributed by atoms with Crippen molar-refractivity contribution in [3.63, 3.8) is 0 Å². The van der Waals surface area contributed by atoms with Crippen molar-refractivity contribution in [1.29, 1.82) is 0 Å². The van der Waals surface area contributed by atoms with Gasteiger partial charge in [-0.25, -0.2) is 4.21 Å². The number of Topliss-reactive ketones (excluding diaryl/α,β-unsaturated/α-hetero) is 1. The molecular weight excluding hydrogens is 677 g/mol. The quantitative estimate of drug-likeness (QED) is 0.279. The van der Waals surface area contributed by atoms with E-state index in [0.717, 1.165) is 24.9 Å². The predicted octanol–water partition coefficient (Wildman–Crippen LogP) is 8.36. The van der Waals surface area contributed by atoms with Gasteiger partial charge in [-0.3, -0.25) is 9.59 Å². The van der Waals surface area contributed by atoms with Gasteiger partial charge in [0.1, 0.15) is 11.5 Å². The number of allylic oxidation sites excluding steroid dienone is 1. The second kappa shape index (κ2) is 15.6. The molecule has 0 fully saturated rings. The molecule has 268 valence electrons. The molecule has 3 aliphatic rings. The number of aryl methyl sites for hydroxylation is 1.